The van der Waals surface area contributed by atoms with Crippen LogP contribution in [0.4, 0.5) is 0 Å². The van der Waals surface area contributed by atoms with Gasteiger partial charge in [0.05, 0.1) is 41.2 Å². The fourth-order valence-corrected chi connectivity index (χ4v) is 5.83. The molecule has 0 radical (unpaired) electrons. The number of aromatic nitrogens is 1. The number of rotatable bonds is 9. The molecule has 0 fully saturated rings. The van der Waals surface area contributed by atoms with Crippen molar-refractivity contribution in [2.75, 3.05) is 19.8 Å². The fraction of sp³-hybridized carbons (Fsp3) is 0.250. The molecule has 216 valence electrons. The average Bonchev–Trinajstić information content (AvgIpc) is 3.57. The van der Waals surface area contributed by atoms with Crippen molar-refractivity contribution in [3.8, 4) is 17.1 Å². The molecular formula is C32H30N2O7S. The van der Waals surface area contributed by atoms with Crippen LogP contribution in [0.25, 0.3) is 17.4 Å². The zero-order chi connectivity index (χ0) is 29.8. The lowest BCUT2D eigenvalue weighted by Gasteiger charge is -2.26. The van der Waals surface area contributed by atoms with Gasteiger partial charge in [0.1, 0.15) is 23.3 Å². The highest BCUT2D eigenvalue weighted by atomic mass is 32.1. The van der Waals surface area contributed by atoms with E-state index in [0.717, 1.165) is 0 Å². The molecule has 1 atom stereocenters. The lowest BCUT2D eigenvalue weighted by Crippen LogP contribution is -2.40. The second-order valence-electron chi connectivity index (χ2n) is 9.28. The number of hydrogen-bond donors (Lipinski definition) is 0. The first-order valence-corrected chi connectivity index (χ1v) is 14.5. The smallest absolute Gasteiger partial charge is 0.338 e. The number of furan rings is 1. The number of ether oxygens (including phenoxy) is 3. The topological polar surface area (TPSA) is 109 Å². The Hall–Kier alpha value is -4.70. The maximum Gasteiger partial charge on any atom is 0.338 e. The van der Waals surface area contributed by atoms with Crippen LogP contribution in [0.2, 0.25) is 0 Å². The molecule has 0 spiro atoms. The summed E-state index contributed by atoms with van der Waals surface area (Å²) < 4.78 is 24.3. The lowest BCUT2D eigenvalue weighted by atomic mass is 9.95. The van der Waals surface area contributed by atoms with Crippen LogP contribution in [0, 0.1) is 0 Å². The number of nitrogens with zero attached hydrogens (tertiary/aromatic N) is 2. The van der Waals surface area contributed by atoms with Crippen LogP contribution in [0.5, 0.6) is 5.75 Å². The van der Waals surface area contributed by atoms with Crippen molar-refractivity contribution in [1.82, 2.24) is 4.57 Å². The van der Waals surface area contributed by atoms with Crippen molar-refractivity contribution >= 4 is 29.4 Å². The molecule has 3 heterocycles. The summed E-state index contributed by atoms with van der Waals surface area (Å²) in [7, 11) is 0. The highest BCUT2D eigenvalue weighted by Gasteiger charge is 2.35. The van der Waals surface area contributed by atoms with E-state index in [4.69, 9.17) is 18.6 Å². The fourth-order valence-electron chi connectivity index (χ4n) is 4.81. The molecule has 0 amide bonds. The van der Waals surface area contributed by atoms with E-state index in [1.54, 1.807) is 57.2 Å². The Bertz CT molecular complexity index is 1860. The first-order chi connectivity index (χ1) is 20.4. The van der Waals surface area contributed by atoms with Gasteiger partial charge in [-0.15, -0.1) is 0 Å². The van der Waals surface area contributed by atoms with Crippen molar-refractivity contribution in [1.29, 1.82) is 0 Å². The van der Waals surface area contributed by atoms with Gasteiger partial charge in [0.25, 0.3) is 5.56 Å². The predicted octanol–water partition coefficient (Wildman–Crippen LogP) is 4.63. The molecule has 1 aliphatic heterocycles. The van der Waals surface area contributed by atoms with Crippen molar-refractivity contribution in [2.45, 2.75) is 33.7 Å². The van der Waals surface area contributed by atoms with Gasteiger partial charge >= 0.3 is 11.9 Å². The van der Waals surface area contributed by atoms with E-state index in [-0.39, 0.29) is 24.3 Å². The molecule has 0 unspecified atom stereocenters. The minimum Gasteiger partial charge on any atom is -0.494 e. The van der Waals surface area contributed by atoms with Crippen LogP contribution < -0.4 is 19.6 Å². The lowest BCUT2D eigenvalue weighted by molar-refractivity contribution is -0.139. The third-order valence-electron chi connectivity index (χ3n) is 6.59. The number of fused-ring (bicyclic) bond motifs is 1. The summed E-state index contributed by atoms with van der Waals surface area (Å²) >= 11 is 1.20. The number of carbonyl (C=O) groups is 2. The van der Waals surface area contributed by atoms with E-state index in [2.05, 4.69) is 4.99 Å². The van der Waals surface area contributed by atoms with Crippen molar-refractivity contribution < 1.29 is 28.2 Å². The molecular weight excluding hydrogens is 556 g/mol. The molecule has 2 aromatic carbocycles. The van der Waals surface area contributed by atoms with Gasteiger partial charge in [0.15, 0.2) is 4.80 Å². The Morgan fingerprint density at radius 1 is 0.976 bits per heavy atom. The molecule has 0 saturated heterocycles. The van der Waals surface area contributed by atoms with Gasteiger partial charge in [0, 0.05) is 17.2 Å². The molecule has 9 nitrogen and oxygen atoms in total. The van der Waals surface area contributed by atoms with Gasteiger partial charge in [-0.1, -0.05) is 41.7 Å². The van der Waals surface area contributed by atoms with Crippen molar-refractivity contribution in [3.05, 3.63) is 109 Å². The summed E-state index contributed by atoms with van der Waals surface area (Å²) in [5, 5.41) is 0. The number of carbonyl (C=O) groups excluding carboxylic acids is 2. The zero-order valence-corrected chi connectivity index (χ0v) is 24.5. The van der Waals surface area contributed by atoms with Crippen LogP contribution >= 0.6 is 11.3 Å². The molecule has 0 N–H and O–H groups in total. The monoisotopic (exact) mass is 586 g/mol. The van der Waals surface area contributed by atoms with E-state index in [0.29, 0.717) is 55.6 Å². The van der Waals surface area contributed by atoms with Gasteiger partial charge in [-0.2, -0.15) is 0 Å². The molecule has 4 aromatic rings. The van der Waals surface area contributed by atoms with Gasteiger partial charge in [-0.3, -0.25) is 9.36 Å². The Morgan fingerprint density at radius 3 is 2.50 bits per heavy atom. The Kier molecular flexibility index (Phi) is 8.53. The standard InChI is InChI=1S/C32H30N2O7S/c1-5-38-25-14-9-8-13-23(25)28-27(31(37)40-7-3)19(4)33-32-34(28)29(35)26(42-32)18-22-15-16-24(41-22)20-11-10-12-21(17-20)30(36)39-6-2/h8-18,28H,5-7H2,1-4H3/b26-18+/t28-/m1/s1. The minimum atomic E-state index is -0.789. The highest BCUT2D eigenvalue weighted by Crippen LogP contribution is 2.36. The molecule has 1 aliphatic rings. The third kappa shape index (κ3) is 5.58. The Labute approximate surface area is 246 Å². The molecule has 0 bridgehead atoms. The number of thiazole rings is 1. The largest absolute Gasteiger partial charge is 0.494 e. The summed E-state index contributed by atoms with van der Waals surface area (Å²) in [6, 6.07) is 17.0. The van der Waals surface area contributed by atoms with Crippen LogP contribution in [-0.2, 0) is 14.3 Å². The number of para-hydroxylation sites is 1. The second kappa shape index (κ2) is 12.4. The molecule has 5 rings (SSSR count). The summed E-state index contributed by atoms with van der Waals surface area (Å²) in [4.78, 5) is 44.4. The van der Waals surface area contributed by atoms with Crippen molar-refractivity contribution in [3.63, 3.8) is 0 Å². The third-order valence-corrected chi connectivity index (χ3v) is 7.57. The first kappa shape index (κ1) is 28.8. The molecule has 2 aromatic heterocycles. The summed E-state index contributed by atoms with van der Waals surface area (Å²) in [5.74, 6) is 0.598. The molecule has 0 aliphatic carbocycles. The quantitative estimate of drug-likeness (QED) is 0.263. The predicted molar refractivity (Wildman–Crippen MR) is 158 cm³/mol. The molecule has 42 heavy (non-hydrogen) atoms. The van der Waals surface area contributed by atoms with Crippen LogP contribution in [0.3, 0.4) is 0 Å². The summed E-state index contributed by atoms with van der Waals surface area (Å²) in [5.41, 5.74) is 2.20. The number of allylic oxidation sites excluding steroid dienone is 1. The number of benzene rings is 2. The van der Waals surface area contributed by atoms with Crippen molar-refractivity contribution in [2.24, 2.45) is 4.99 Å². The molecule has 0 saturated carbocycles. The second-order valence-corrected chi connectivity index (χ2v) is 10.3. The van der Waals surface area contributed by atoms with Crippen LogP contribution in [0.1, 0.15) is 55.4 Å². The highest BCUT2D eigenvalue weighted by molar-refractivity contribution is 7.07. The van der Waals surface area contributed by atoms with Gasteiger partial charge < -0.3 is 18.6 Å². The minimum absolute atomic E-state index is 0.184. The van der Waals surface area contributed by atoms with E-state index >= 15 is 0 Å². The zero-order valence-electron chi connectivity index (χ0n) is 23.7. The normalized spacial score (nSPS) is 14.8. The maximum atomic E-state index is 13.9. The number of esters is 2. The Balaban J connectivity index is 1.60. The van der Waals surface area contributed by atoms with E-state index in [1.807, 2.05) is 37.3 Å². The van der Waals surface area contributed by atoms with E-state index < -0.39 is 18.0 Å². The van der Waals surface area contributed by atoms with Crippen LogP contribution in [0.15, 0.2) is 86.1 Å². The van der Waals surface area contributed by atoms with E-state index in [9.17, 15) is 14.4 Å². The number of hydrogen-bond acceptors (Lipinski definition) is 9. The summed E-state index contributed by atoms with van der Waals surface area (Å²) in [6.45, 7) is 7.98. The van der Waals surface area contributed by atoms with Gasteiger partial charge in [0.2, 0.25) is 0 Å². The SMILES string of the molecule is CCOC(=O)C1=C(C)N=c2s/c(=C/c3ccc(-c4cccc(C(=O)OCC)c4)o3)c(=O)n2[C@@H]1c1ccccc1OCC. The van der Waals surface area contributed by atoms with Gasteiger partial charge in [-0.05, 0) is 58.0 Å². The average molecular weight is 587 g/mol. The van der Waals surface area contributed by atoms with E-state index in [1.165, 1.54) is 15.9 Å². The van der Waals surface area contributed by atoms with Crippen LogP contribution in [-0.4, -0.2) is 36.3 Å². The van der Waals surface area contributed by atoms with Gasteiger partial charge in [-0.25, -0.2) is 14.6 Å². The first-order valence-electron chi connectivity index (χ1n) is 13.6. The molecule has 10 heteroatoms. The maximum absolute atomic E-state index is 13.9. The summed E-state index contributed by atoms with van der Waals surface area (Å²) in [6.07, 6.45) is 1.65. The Morgan fingerprint density at radius 2 is 1.74 bits per heavy atom.